The van der Waals surface area contributed by atoms with E-state index in [1.807, 2.05) is 35.2 Å². The van der Waals surface area contributed by atoms with Crippen LogP contribution >= 0.6 is 23.1 Å². The van der Waals surface area contributed by atoms with Gasteiger partial charge in [0.1, 0.15) is 23.7 Å². The number of pyridine rings is 1. The van der Waals surface area contributed by atoms with Crippen LogP contribution in [0.4, 0.5) is 5.13 Å². The second-order valence-corrected chi connectivity index (χ2v) is 9.07. The van der Waals surface area contributed by atoms with Gasteiger partial charge in [0.2, 0.25) is 0 Å². The molecule has 13 heteroatoms. The Bertz CT molecular complexity index is 1150. The minimum Gasteiger partial charge on any atom is -0.543 e. The van der Waals surface area contributed by atoms with Crippen LogP contribution in [-0.4, -0.2) is 57.2 Å². The topological polar surface area (TPSA) is 154 Å². The molecule has 0 radical (unpaired) electrons. The Kier molecular flexibility index (Phi) is 6.60. The van der Waals surface area contributed by atoms with Crippen molar-refractivity contribution in [2.75, 3.05) is 18.1 Å². The third kappa shape index (κ3) is 4.54. The van der Waals surface area contributed by atoms with Gasteiger partial charge < -0.3 is 25.8 Å². The molecule has 0 spiro atoms. The minimum absolute atomic E-state index is 0.117. The number of nitrogens with one attached hydrogen (secondary N) is 1. The van der Waals surface area contributed by atoms with Gasteiger partial charge in [0, 0.05) is 28.8 Å². The normalized spacial score (nSPS) is 20.2. The Morgan fingerprint density at radius 1 is 1.39 bits per heavy atom. The van der Waals surface area contributed by atoms with Crippen LogP contribution in [0.1, 0.15) is 12.6 Å². The van der Waals surface area contributed by atoms with E-state index >= 15 is 0 Å². The minimum atomic E-state index is -1.43. The number of aromatic nitrogens is 2. The molecule has 1 saturated heterocycles. The highest BCUT2D eigenvalue weighted by Crippen LogP contribution is 2.40. The molecule has 2 amide bonds. The number of thiazole rings is 1. The molecule has 4 rings (SSSR count). The summed E-state index contributed by atoms with van der Waals surface area (Å²) in [6, 6.07) is 4.59. The van der Waals surface area contributed by atoms with Crippen LogP contribution in [0.5, 0.6) is 0 Å². The first-order chi connectivity index (χ1) is 15.9. The van der Waals surface area contributed by atoms with Crippen molar-refractivity contribution < 1.29 is 28.9 Å². The van der Waals surface area contributed by atoms with Gasteiger partial charge in [0.05, 0.1) is 11.7 Å². The highest BCUT2D eigenvalue weighted by Gasteiger charge is 2.53. The van der Waals surface area contributed by atoms with Crippen LogP contribution in [0.25, 0.3) is 0 Å². The second kappa shape index (κ2) is 9.58. The van der Waals surface area contributed by atoms with Gasteiger partial charge in [-0.15, -0.1) is 23.1 Å². The van der Waals surface area contributed by atoms with Crippen molar-refractivity contribution >= 4 is 51.7 Å². The molecule has 2 aliphatic rings. The summed E-state index contributed by atoms with van der Waals surface area (Å²) < 4.78 is 1.82. The standard InChI is InChI=1S/C20H20N6O5S2/c1-2-31-24-13(12-10-33-20(21)22-12)16(27)23-14-17(28)26-15(19(29)30)11(9-32-18(14)26)8-25-6-4-3-5-7-25/h3-7,10,14,18H,2,8-9H2,1H3,(H3-,21,22,23,27,29,30)/t14?,18-/m0/s1. The van der Waals surface area contributed by atoms with E-state index < -0.39 is 29.2 Å². The van der Waals surface area contributed by atoms with E-state index in [9.17, 15) is 19.5 Å². The number of amides is 2. The van der Waals surface area contributed by atoms with Crippen LogP contribution in [-0.2, 0) is 25.8 Å². The summed E-state index contributed by atoms with van der Waals surface area (Å²) in [6.07, 6.45) is 3.62. The molecule has 0 aromatic carbocycles. The molecule has 4 heterocycles. The molecule has 11 nitrogen and oxygen atoms in total. The molecule has 0 bridgehead atoms. The molecule has 33 heavy (non-hydrogen) atoms. The number of carboxylic acids is 1. The number of carboxylic acid groups (broad SMARTS) is 1. The number of nitrogen functional groups attached to an aromatic ring is 1. The van der Waals surface area contributed by atoms with E-state index in [-0.39, 0.29) is 28.8 Å². The average Bonchev–Trinajstić information content (AvgIpc) is 3.23. The van der Waals surface area contributed by atoms with Crippen LogP contribution in [0.2, 0.25) is 0 Å². The number of nitrogens with zero attached hydrogens (tertiary/aromatic N) is 4. The van der Waals surface area contributed by atoms with Crippen molar-refractivity contribution in [3.63, 3.8) is 0 Å². The molecule has 1 fully saturated rings. The van der Waals surface area contributed by atoms with Crippen LogP contribution < -0.4 is 20.7 Å². The van der Waals surface area contributed by atoms with Gasteiger partial charge in [-0.2, -0.15) is 0 Å². The molecule has 2 aliphatic heterocycles. The van der Waals surface area contributed by atoms with E-state index in [4.69, 9.17) is 10.6 Å². The lowest BCUT2D eigenvalue weighted by Crippen LogP contribution is -2.71. The maximum absolute atomic E-state index is 12.9. The quantitative estimate of drug-likeness (QED) is 0.205. The molecule has 2 aromatic heterocycles. The Morgan fingerprint density at radius 2 is 2.15 bits per heavy atom. The van der Waals surface area contributed by atoms with Crippen molar-refractivity contribution in [1.29, 1.82) is 0 Å². The lowest BCUT2D eigenvalue weighted by molar-refractivity contribution is -0.689. The lowest BCUT2D eigenvalue weighted by atomic mass is 10.0. The third-order valence-electron chi connectivity index (χ3n) is 4.94. The number of thioether (sulfide) groups is 1. The van der Waals surface area contributed by atoms with Gasteiger partial charge in [-0.05, 0) is 6.92 Å². The van der Waals surface area contributed by atoms with Crippen molar-refractivity contribution in [2.24, 2.45) is 5.16 Å². The number of hydrogen-bond acceptors (Lipinski definition) is 10. The molecule has 2 atom stereocenters. The van der Waals surface area contributed by atoms with Crippen molar-refractivity contribution in [1.82, 2.24) is 15.2 Å². The van der Waals surface area contributed by atoms with Crippen LogP contribution in [0, 0.1) is 0 Å². The Morgan fingerprint density at radius 3 is 2.79 bits per heavy atom. The van der Waals surface area contributed by atoms with Crippen molar-refractivity contribution in [3.05, 3.63) is 52.9 Å². The van der Waals surface area contributed by atoms with E-state index in [0.717, 1.165) is 11.3 Å². The van der Waals surface area contributed by atoms with Crippen molar-refractivity contribution in [3.8, 4) is 0 Å². The average molecular weight is 489 g/mol. The molecule has 0 aliphatic carbocycles. The van der Waals surface area contributed by atoms with E-state index in [1.54, 1.807) is 12.3 Å². The fraction of sp³-hybridized carbons (Fsp3) is 0.300. The Balaban J connectivity index is 1.53. The summed E-state index contributed by atoms with van der Waals surface area (Å²) in [5.41, 5.74) is 6.16. The summed E-state index contributed by atoms with van der Waals surface area (Å²) in [6.45, 7) is 2.24. The highest BCUT2D eigenvalue weighted by atomic mass is 32.2. The van der Waals surface area contributed by atoms with Gasteiger partial charge in [-0.25, -0.2) is 9.55 Å². The maximum Gasteiger partial charge on any atom is 0.276 e. The summed E-state index contributed by atoms with van der Waals surface area (Å²) in [4.78, 5) is 47.9. The lowest BCUT2D eigenvalue weighted by Gasteiger charge is -2.50. The number of hydrogen-bond donors (Lipinski definition) is 2. The molecular weight excluding hydrogens is 468 g/mol. The molecule has 3 N–H and O–H groups in total. The smallest absolute Gasteiger partial charge is 0.276 e. The summed E-state index contributed by atoms with van der Waals surface area (Å²) >= 11 is 2.50. The number of β-lactam (4-membered cyclic amide) rings is 1. The SMILES string of the molecule is CCON=C(C(=O)NC1C(=O)N2C(C(=O)[O-])=C(C[n+]3ccccc3)CS[C@@H]12)c1csc(N)n1. The molecular formula is C20H20N6O5S2. The number of carbonyl (C=O) groups is 3. The fourth-order valence-electron chi connectivity index (χ4n) is 3.49. The predicted molar refractivity (Wildman–Crippen MR) is 118 cm³/mol. The Labute approximate surface area is 196 Å². The molecule has 2 aromatic rings. The monoisotopic (exact) mass is 488 g/mol. The summed E-state index contributed by atoms with van der Waals surface area (Å²) in [7, 11) is 0. The number of aliphatic carboxylic acids is 1. The fourth-order valence-corrected chi connectivity index (χ4v) is 5.38. The molecule has 1 unspecified atom stereocenters. The van der Waals surface area contributed by atoms with Gasteiger partial charge in [-0.3, -0.25) is 14.5 Å². The number of carbonyl (C=O) groups excluding carboxylic acids is 3. The van der Waals surface area contributed by atoms with E-state index in [2.05, 4.69) is 15.5 Å². The van der Waals surface area contributed by atoms with Gasteiger partial charge in [-0.1, -0.05) is 11.2 Å². The second-order valence-electron chi connectivity index (χ2n) is 7.08. The zero-order chi connectivity index (χ0) is 23.5. The largest absolute Gasteiger partial charge is 0.543 e. The first-order valence-electron chi connectivity index (χ1n) is 9.95. The highest BCUT2D eigenvalue weighted by molar-refractivity contribution is 8.00. The van der Waals surface area contributed by atoms with Crippen LogP contribution in [0.3, 0.4) is 0 Å². The van der Waals surface area contributed by atoms with E-state index in [1.165, 1.54) is 16.7 Å². The number of fused-ring (bicyclic) bond motifs is 1. The van der Waals surface area contributed by atoms with E-state index in [0.29, 0.717) is 17.9 Å². The number of rotatable bonds is 8. The maximum atomic E-state index is 12.9. The summed E-state index contributed by atoms with van der Waals surface area (Å²) in [5.74, 6) is -2.27. The zero-order valence-corrected chi connectivity index (χ0v) is 19.1. The summed E-state index contributed by atoms with van der Waals surface area (Å²) in [5, 5.41) is 19.6. The number of oxime groups is 1. The Hall–Kier alpha value is -3.45. The molecule has 172 valence electrons. The molecule has 0 saturated carbocycles. The number of nitrogens with two attached hydrogens (primary N) is 1. The first kappa shape index (κ1) is 22.7. The zero-order valence-electron chi connectivity index (χ0n) is 17.5. The van der Waals surface area contributed by atoms with Gasteiger partial charge >= 0.3 is 0 Å². The van der Waals surface area contributed by atoms with Gasteiger partial charge in [0.15, 0.2) is 29.8 Å². The van der Waals surface area contributed by atoms with Crippen LogP contribution in [0.15, 0.2) is 52.4 Å². The van der Waals surface area contributed by atoms with Crippen molar-refractivity contribution in [2.45, 2.75) is 24.9 Å². The predicted octanol–water partition coefficient (Wildman–Crippen LogP) is -1.14. The third-order valence-corrected chi connectivity index (χ3v) is 6.96. The first-order valence-corrected chi connectivity index (χ1v) is 11.9. The number of anilines is 1. The van der Waals surface area contributed by atoms with Gasteiger partial charge in [0.25, 0.3) is 11.8 Å².